The number of rotatable bonds is 5. The van der Waals surface area contributed by atoms with Crippen LogP contribution in [0.3, 0.4) is 0 Å². The molecule has 0 aliphatic heterocycles. The first-order valence-electron chi connectivity index (χ1n) is 7.96. The van der Waals surface area contributed by atoms with Gasteiger partial charge >= 0.3 is 0 Å². The summed E-state index contributed by atoms with van der Waals surface area (Å²) in [5.41, 5.74) is 10.9. The van der Waals surface area contributed by atoms with Gasteiger partial charge in [-0.2, -0.15) is 0 Å². The van der Waals surface area contributed by atoms with E-state index in [1.54, 1.807) is 19.2 Å². The number of nitrogens with two attached hydrogens (primary N) is 1. The normalized spacial score (nSPS) is 18.0. The molecule has 0 amide bonds. The van der Waals surface area contributed by atoms with Crippen LogP contribution < -0.4 is 5.73 Å². The van der Waals surface area contributed by atoms with Crippen molar-refractivity contribution in [2.75, 3.05) is 13.7 Å². The van der Waals surface area contributed by atoms with Crippen molar-refractivity contribution in [3.05, 3.63) is 70.5 Å². The second-order valence-corrected chi connectivity index (χ2v) is 7.24. The van der Waals surface area contributed by atoms with Gasteiger partial charge in [-0.15, -0.1) is 0 Å². The monoisotopic (exact) mass is 331 g/mol. The fourth-order valence-corrected chi connectivity index (χ4v) is 4.13. The second kappa shape index (κ2) is 7.47. The lowest BCUT2D eigenvalue weighted by Gasteiger charge is -2.22. The van der Waals surface area contributed by atoms with Crippen molar-refractivity contribution in [3.8, 4) is 0 Å². The molecule has 0 heterocycles. The molecule has 0 fully saturated rings. The molecule has 1 aliphatic rings. The molecule has 2 atom stereocenters. The summed E-state index contributed by atoms with van der Waals surface area (Å²) in [6, 6.07) is 13.7. The highest BCUT2D eigenvalue weighted by Crippen LogP contribution is 2.36. The van der Waals surface area contributed by atoms with Crippen molar-refractivity contribution in [2.45, 2.75) is 30.4 Å². The zero-order valence-electron chi connectivity index (χ0n) is 13.3. The van der Waals surface area contributed by atoms with Crippen LogP contribution in [0.4, 0.5) is 4.39 Å². The molecule has 3 rings (SSSR count). The highest BCUT2D eigenvalue weighted by Gasteiger charge is 2.25. The van der Waals surface area contributed by atoms with Gasteiger partial charge in [-0.3, -0.25) is 0 Å². The van der Waals surface area contributed by atoms with E-state index in [0.29, 0.717) is 12.5 Å². The Morgan fingerprint density at radius 2 is 2.04 bits per heavy atom. The molecule has 0 aromatic heterocycles. The average molecular weight is 331 g/mol. The Morgan fingerprint density at radius 1 is 1.22 bits per heavy atom. The van der Waals surface area contributed by atoms with E-state index >= 15 is 0 Å². The van der Waals surface area contributed by atoms with Gasteiger partial charge in [0, 0.05) is 11.8 Å². The minimum Gasteiger partial charge on any atom is -0.329 e. The third-order valence-corrected chi connectivity index (χ3v) is 5.40. The second-order valence-electron chi connectivity index (χ2n) is 6.05. The zero-order chi connectivity index (χ0) is 16.2. The lowest BCUT2D eigenvalue weighted by molar-refractivity contribution is 0.475. The molecule has 0 unspecified atom stereocenters. The molecule has 0 radical (unpaired) electrons. The van der Waals surface area contributed by atoms with Crippen molar-refractivity contribution in [1.82, 2.24) is 0 Å². The molecule has 2 aromatic carbocycles. The van der Waals surface area contributed by atoms with E-state index in [-0.39, 0.29) is 11.1 Å². The van der Waals surface area contributed by atoms with Gasteiger partial charge in [0.15, 0.2) is 0 Å². The van der Waals surface area contributed by atoms with E-state index in [1.807, 2.05) is 6.07 Å². The predicted octanol–water partition coefficient (Wildman–Crippen LogP) is 4.07. The van der Waals surface area contributed by atoms with Crippen LogP contribution in [0.5, 0.6) is 0 Å². The molecule has 2 nitrogen and oxygen atoms in total. The molecule has 0 saturated carbocycles. The largest absolute Gasteiger partial charge is 0.329 e. The van der Waals surface area contributed by atoms with Crippen molar-refractivity contribution >= 4 is 12.0 Å². The van der Waals surface area contributed by atoms with Crippen LogP contribution in [-0.2, 0) is 17.0 Å². The van der Waals surface area contributed by atoms with Crippen molar-refractivity contribution in [1.29, 1.82) is 0 Å². The molecule has 122 valence electrons. The molecule has 2 aromatic rings. The molecular weight excluding hydrogens is 309 g/mol. The van der Waals surface area contributed by atoms with Crippen LogP contribution in [0.25, 0.3) is 0 Å². The van der Waals surface area contributed by atoms with E-state index < -0.39 is 0 Å². The minimum absolute atomic E-state index is 0.157. The van der Waals surface area contributed by atoms with Gasteiger partial charge in [0.05, 0.1) is 7.11 Å². The van der Waals surface area contributed by atoms with Crippen LogP contribution in [0.1, 0.15) is 34.6 Å². The number of halogens is 1. The Balaban J connectivity index is 1.96. The van der Waals surface area contributed by atoms with Crippen molar-refractivity contribution in [2.24, 2.45) is 5.73 Å². The van der Waals surface area contributed by atoms with Gasteiger partial charge in [0.1, 0.15) is 5.82 Å². The molecular formula is C19H22FNOS. The molecule has 0 bridgehead atoms. The maximum Gasteiger partial charge on any atom is 0.123 e. The summed E-state index contributed by atoms with van der Waals surface area (Å²) in [5, 5.41) is 0.244. The van der Waals surface area contributed by atoms with Gasteiger partial charge in [0.2, 0.25) is 0 Å². The Bertz CT molecular complexity index is 676. The summed E-state index contributed by atoms with van der Waals surface area (Å²) < 4.78 is 18.9. The summed E-state index contributed by atoms with van der Waals surface area (Å²) in [4.78, 5) is 0. The summed E-state index contributed by atoms with van der Waals surface area (Å²) in [6.45, 7) is 0.577. The van der Waals surface area contributed by atoms with Gasteiger partial charge < -0.3 is 9.92 Å². The smallest absolute Gasteiger partial charge is 0.123 e. The topological polar surface area (TPSA) is 35.2 Å². The van der Waals surface area contributed by atoms with Crippen molar-refractivity contribution in [3.63, 3.8) is 0 Å². The van der Waals surface area contributed by atoms with Gasteiger partial charge in [-0.1, -0.05) is 30.3 Å². The van der Waals surface area contributed by atoms with E-state index in [1.165, 1.54) is 28.7 Å². The Kier molecular flexibility index (Phi) is 5.36. The summed E-state index contributed by atoms with van der Waals surface area (Å²) in [5.74, 6) is 0.181. The summed E-state index contributed by atoms with van der Waals surface area (Å²) >= 11 is 1.44. The highest BCUT2D eigenvalue weighted by atomic mass is 32.2. The Hall–Kier alpha value is -1.36. The summed E-state index contributed by atoms with van der Waals surface area (Å²) in [6.07, 6.45) is 2.65. The summed E-state index contributed by atoms with van der Waals surface area (Å²) in [7, 11) is 1.68. The molecule has 2 N–H and O–H groups in total. The highest BCUT2D eigenvalue weighted by molar-refractivity contribution is 7.95. The SMILES string of the molecule is COS[C@H](CN)C[C@H]1Cc2cc(F)ccc2Cc2ccccc21. The number of benzene rings is 2. The van der Waals surface area contributed by atoms with Crippen molar-refractivity contribution < 1.29 is 8.57 Å². The maximum absolute atomic E-state index is 13.7. The standard InChI is InChI=1S/C19H22FNOS/c1-22-23-18(12-21)11-16-9-15-10-17(20)7-6-13(15)8-14-4-2-3-5-19(14)16/h2-7,10,16,18H,8-9,11-12,21H2,1H3/t16-,18+/m1/s1. The van der Waals surface area contributed by atoms with Crippen LogP contribution in [0.2, 0.25) is 0 Å². The van der Waals surface area contributed by atoms with E-state index in [4.69, 9.17) is 9.92 Å². The lowest BCUT2D eigenvalue weighted by Crippen LogP contribution is -2.21. The fraction of sp³-hybridized carbons (Fsp3) is 0.368. The minimum atomic E-state index is -0.157. The lowest BCUT2D eigenvalue weighted by atomic mass is 9.87. The fourth-order valence-electron chi connectivity index (χ4n) is 3.47. The third-order valence-electron chi connectivity index (χ3n) is 4.55. The van der Waals surface area contributed by atoms with Crippen LogP contribution in [0.15, 0.2) is 42.5 Å². The molecule has 1 aliphatic carbocycles. The quantitative estimate of drug-likeness (QED) is 0.839. The maximum atomic E-state index is 13.7. The van der Waals surface area contributed by atoms with Crippen LogP contribution in [-0.4, -0.2) is 18.9 Å². The first-order valence-corrected chi connectivity index (χ1v) is 8.76. The number of hydrogen-bond acceptors (Lipinski definition) is 3. The Morgan fingerprint density at radius 3 is 2.83 bits per heavy atom. The number of fused-ring (bicyclic) bond motifs is 2. The predicted molar refractivity (Wildman–Crippen MR) is 94.2 cm³/mol. The van der Waals surface area contributed by atoms with Gasteiger partial charge in [-0.05, 0) is 71.6 Å². The van der Waals surface area contributed by atoms with E-state index in [0.717, 1.165) is 24.8 Å². The average Bonchev–Trinajstić information content (AvgIpc) is 2.71. The first kappa shape index (κ1) is 16.5. The Labute approximate surface area is 141 Å². The van der Waals surface area contributed by atoms with E-state index in [2.05, 4.69) is 24.3 Å². The molecule has 0 saturated heterocycles. The third kappa shape index (κ3) is 3.77. The molecule has 4 heteroatoms. The van der Waals surface area contributed by atoms with Crippen LogP contribution >= 0.6 is 12.0 Å². The zero-order valence-corrected chi connectivity index (χ0v) is 14.1. The van der Waals surface area contributed by atoms with E-state index in [9.17, 15) is 4.39 Å². The number of hydrogen-bond donors (Lipinski definition) is 1. The van der Waals surface area contributed by atoms with Gasteiger partial charge in [-0.25, -0.2) is 4.39 Å². The van der Waals surface area contributed by atoms with Gasteiger partial charge in [0.25, 0.3) is 0 Å². The molecule has 0 spiro atoms. The molecule has 23 heavy (non-hydrogen) atoms. The van der Waals surface area contributed by atoms with Crippen LogP contribution in [0, 0.1) is 5.82 Å². The first-order chi connectivity index (χ1) is 11.2.